The van der Waals surface area contributed by atoms with E-state index in [1.807, 2.05) is 38.1 Å². The van der Waals surface area contributed by atoms with Gasteiger partial charge in [0.2, 0.25) is 0 Å². The molecule has 0 aliphatic carbocycles. The summed E-state index contributed by atoms with van der Waals surface area (Å²) in [7, 11) is 3.40. The fourth-order valence-electron chi connectivity index (χ4n) is 2.98. The molecule has 31 heavy (non-hydrogen) atoms. The zero-order chi connectivity index (χ0) is 22.5. The predicted molar refractivity (Wildman–Crippen MR) is 124 cm³/mol. The molecule has 2 aromatic carbocycles. The van der Waals surface area contributed by atoms with Gasteiger partial charge in [0.25, 0.3) is 0 Å². The Morgan fingerprint density at radius 2 is 1.68 bits per heavy atom. The van der Waals surface area contributed by atoms with Crippen LogP contribution >= 0.6 is 0 Å². The Morgan fingerprint density at radius 3 is 2.39 bits per heavy atom. The Kier molecular flexibility index (Phi) is 10.5. The minimum atomic E-state index is 0.525. The van der Waals surface area contributed by atoms with Gasteiger partial charge in [-0.1, -0.05) is 18.2 Å². The molecule has 0 aliphatic rings. The normalized spacial score (nSPS) is 11.2. The van der Waals surface area contributed by atoms with Crippen LogP contribution in [-0.4, -0.2) is 46.5 Å². The van der Waals surface area contributed by atoms with Crippen LogP contribution in [0.3, 0.4) is 0 Å². The van der Waals surface area contributed by atoms with Crippen molar-refractivity contribution in [3.63, 3.8) is 0 Å². The van der Waals surface area contributed by atoms with E-state index in [0.717, 1.165) is 33.9 Å². The predicted octanol–water partition coefficient (Wildman–Crippen LogP) is 3.68. The van der Waals surface area contributed by atoms with Crippen LogP contribution in [0.5, 0.6) is 17.2 Å². The molecule has 0 amide bonds. The van der Waals surface area contributed by atoms with Crippen molar-refractivity contribution in [2.24, 2.45) is 4.99 Å². The summed E-state index contributed by atoms with van der Waals surface area (Å²) in [6.45, 7) is 9.57. The zero-order valence-corrected chi connectivity index (χ0v) is 19.3. The highest BCUT2D eigenvalue weighted by molar-refractivity contribution is 5.79. The monoisotopic (exact) mass is 429 g/mol. The SMILES string of the molecule is CCOCCOc1cc(C)ccc1CNC(=NC)NCc1ccc(OCC)c(OC)c1. The number of nitrogens with zero attached hydrogens (tertiary/aromatic N) is 1. The zero-order valence-electron chi connectivity index (χ0n) is 19.3. The molecule has 2 aromatic rings. The lowest BCUT2D eigenvalue weighted by Crippen LogP contribution is -2.36. The summed E-state index contributed by atoms with van der Waals surface area (Å²) >= 11 is 0. The van der Waals surface area contributed by atoms with Crippen LogP contribution in [0.15, 0.2) is 41.4 Å². The van der Waals surface area contributed by atoms with Gasteiger partial charge in [-0.15, -0.1) is 0 Å². The van der Waals surface area contributed by atoms with Gasteiger partial charge >= 0.3 is 0 Å². The first-order chi connectivity index (χ1) is 15.1. The molecule has 2 N–H and O–H groups in total. The standard InChI is InChI=1S/C24H35N3O4/c1-6-29-12-13-31-22-14-18(3)8-10-20(22)17-27-24(25-4)26-16-19-9-11-21(30-7-2)23(15-19)28-5/h8-11,14-15H,6-7,12-13,16-17H2,1-5H3,(H2,25,26,27). The van der Waals surface area contributed by atoms with Gasteiger partial charge in [-0.05, 0) is 50.1 Å². The summed E-state index contributed by atoms with van der Waals surface area (Å²) in [5.74, 6) is 3.03. The Bertz CT molecular complexity index is 840. The van der Waals surface area contributed by atoms with E-state index >= 15 is 0 Å². The van der Waals surface area contributed by atoms with E-state index in [1.54, 1.807) is 14.2 Å². The Labute approximate surface area is 185 Å². The van der Waals surface area contributed by atoms with Crippen LogP contribution in [0, 0.1) is 6.92 Å². The number of ether oxygens (including phenoxy) is 4. The van der Waals surface area contributed by atoms with Crippen LogP contribution in [0.4, 0.5) is 0 Å². The summed E-state index contributed by atoms with van der Waals surface area (Å²) in [5.41, 5.74) is 3.29. The van der Waals surface area contributed by atoms with Crippen molar-refractivity contribution < 1.29 is 18.9 Å². The van der Waals surface area contributed by atoms with Gasteiger partial charge in [0.15, 0.2) is 17.5 Å². The number of guanidine groups is 1. The molecule has 0 unspecified atom stereocenters. The van der Waals surface area contributed by atoms with Gasteiger partial charge < -0.3 is 29.6 Å². The summed E-state index contributed by atoms with van der Waals surface area (Å²) in [4.78, 5) is 4.32. The second kappa shape index (κ2) is 13.4. The largest absolute Gasteiger partial charge is 0.493 e. The number of methoxy groups -OCH3 is 1. The quantitative estimate of drug-likeness (QED) is 0.305. The van der Waals surface area contributed by atoms with Gasteiger partial charge in [0, 0.05) is 32.3 Å². The molecule has 0 aliphatic heterocycles. The third kappa shape index (κ3) is 8.02. The molecule has 0 saturated heterocycles. The molecule has 0 fully saturated rings. The molecular weight excluding hydrogens is 394 g/mol. The van der Waals surface area contributed by atoms with Crippen LogP contribution < -0.4 is 24.8 Å². The average molecular weight is 430 g/mol. The lowest BCUT2D eigenvalue weighted by molar-refractivity contribution is 0.110. The molecular formula is C24H35N3O4. The van der Waals surface area contributed by atoms with Gasteiger partial charge in [0.1, 0.15) is 12.4 Å². The van der Waals surface area contributed by atoms with Crippen LogP contribution in [-0.2, 0) is 17.8 Å². The third-order valence-corrected chi connectivity index (χ3v) is 4.57. The van der Waals surface area contributed by atoms with E-state index in [9.17, 15) is 0 Å². The lowest BCUT2D eigenvalue weighted by atomic mass is 10.1. The first-order valence-corrected chi connectivity index (χ1v) is 10.7. The Morgan fingerprint density at radius 1 is 0.871 bits per heavy atom. The number of rotatable bonds is 12. The second-order valence-corrected chi connectivity index (χ2v) is 6.85. The first kappa shape index (κ1) is 24.3. The highest BCUT2D eigenvalue weighted by Crippen LogP contribution is 2.28. The van der Waals surface area contributed by atoms with Gasteiger partial charge in [-0.3, -0.25) is 4.99 Å². The number of hydrogen-bond donors (Lipinski definition) is 2. The Balaban J connectivity index is 1.94. The number of aliphatic imine (C=N–C) groups is 1. The lowest BCUT2D eigenvalue weighted by Gasteiger charge is -2.16. The van der Waals surface area contributed by atoms with Crippen molar-refractivity contribution >= 4 is 5.96 Å². The summed E-state index contributed by atoms with van der Waals surface area (Å²) in [6.07, 6.45) is 0. The summed E-state index contributed by atoms with van der Waals surface area (Å²) in [5, 5.41) is 6.68. The number of hydrogen-bond acceptors (Lipinski definition) is 5. The van der Waals surface area contributed by atoms with Crippen molar-refractivity contribution in [3.05, 3.63) is 53.1 Å². The topological polar surface area (TPSA) is 73.3 Å². The van der Waals surface area contributed by atoms with Gasteiger partial charge in [-0.2, -0.15) is 0 Å². The molecule has 0 saturated carbocycles. The molecule has 2 rings (SSSR count). The molecule has 7 nitrogen and oxygen atoms in total. The van der Waals surface area contributed by atoms with Gasteiger partial charge in [-0.25, -0.2) is 0 Å². The first-order valence-electron chi connectivity index (χ1n) is 10.7. The maximum absolute atomic E-state index is 5.92. The van der Waals surface area contributed by atoms with Crippen LogP contribution in [0.25, 0.3) is 0 Å². The van der Waals surface area contributed by atoms with Crippen molar-refractivity contribution in [1.29, 1.82) is 0 Å². The minimum Gasteiger partial charge on any atom is -0.493 e. The fraction of sp³-hybridized carbons (Fsp3) is 0.458. The van der Waals surface area contributed by atoms with Crippen molar-refractivity contribution in [1.82, 2.24) is 10.6 Å². The number of nitrogens with one attached hydrogen (secondary N) is 2. The molecule has 0 radical (unpaired) electrons. The maximum atomic E-state index is 5.92. The van der Waals surface area contributed by atoms with Crippen molar-refractivity contribution in [2.45, 2.75) is 33.9 Å². The smallest absolute Gasteiger partial charge is 0.191 e. The average Bonchev–Trinajstić information content (AvgIpc) is 2.78. The molecule has 0 aromatic heterocycles. The minimum absolute atomic E-state index is 0.525. The van der Waals surface area contributed by atoms with Crippen molar-refractivity contribution in [3.8, 4) is 17.2 Å². The summed E-state index contributed by atoms with van der Waals surface area (Å²) < 4.78 is 22.3. The van der Waals surface area contributed by atoms with Crippen LogP contribution in [0.2, 0.25) is 0 Å². The van der Waals surface area contributed by atoms with E-state index in [0.29, 0.717) is 45.5 Å². The molecule has 7 heteroatoms. The number of aryl methyl sites for hydroxylation is 1. The number of benzene rings is 2. The third-order valence-electron chi connectivity index (χ3n) is 4.57. The van der Waals surface area contributed by atoms with E-state index in [1.165, 1.54) is 0 Å². The summed E-state index contributed by atoms with van der Waals surface area (Å²) in [6, 6.07) is 12.1. The second-order valence-electron chi connectivity index (χ2n) is 6.85. The highest BCUT2D eigenvalue weighted by Gasteiger charge is 2.08. The molecule has 0 bridgehead atoms. The van der Waals surface area contributed by atoms with Gasteiger partial charge in [0.05, 0.1) is 20.3 Å². The maximum Gasteiger partial charge on any atom is 0.191 e. The van der Waals surface area contributed by atoms with Crippen molar-refractivity contribution in [2.75, 3.05) is 40.6 Å². The Hall–Kier alpha value is -2.93. The van der Waals surface area contributed by atoms with E-state index in [2.05, 4.69) is 34.7 Å². The van der Waals surface area contributed by atoms with E-state index in [4.69, 9.17) is 18.9 Å². The molecule has 170 valence electrons. The van der Waals surface area contributed by atoms with E-state index in [-0.39, 0.29) is 0 Å². The molecule has 0 heterocycles. The van der Waals surface area contributed by atoms with Crippen LogP contribution in [0.1, 0.15) is 30.5 Å². The molecule has 0 spiro atoms. The highest BCUT2D eigenvalue weighted by atomic mass is 16.5. The molecule has 0 atom stereocenters. The fourth-order valence-corrected chi connectivity index (χ4v) is 2.98. The van der Waals surface area contributed by atoms with E-state index < -0.39 is 0 Å².